The summed E-state index contributed by atoms with van der Waals surface area (Å²) in [6.07, 6.45) is 4.87. The van der Waals surface area contributed by atoms with Crippen molar-refractivity contribution in [1.82, 2.24) is 14.2 Å². The molecule has 2 aliphatic rings. The van der Waals surface area contributed by atoms with E-state index in [1.807, 2.05) is 13.0 Å². The molecule has 1 unspecified atom stereocenters. The first-order valence-corrected chi connectivity index (χ1v) is 11.5. The SMILES string of the molecule is Cc1cc2c(c(NC(=O)NS(=O)C3CN(Cc4ccn(C)c(=O)c4)C3)c1C)CCC2. The molecule has 7 nitrogen and oxygen atoms in total. The predicted octanol–water partition coefficient (Wildman–Crippen LogP) is 2.16. The van der Waals surface area contributed by atoms with Gasteiger partial charge in [0.25, 0.3) is 5.56 Å². The molecule has 1 aromatic heterocycles. The minimum absolute atomic E-state index is 0.0376. The summed E-state index contributed by atoms with van der Waals surface area (Å²) >= 11 is 0. The summed E-state index contributed by atoms with van der Waals surface area (Å²) in [4.78, 5) is 26.4. The number of nitrogens with one attached hydrogen (secondary N) is 2. The van der Waals surface area contributed by atoms with Crippen molar-refractivity contribution in [2.24, 2.45) is 7.05 Å². The standard InChI is InChI=1S/C22H28N4O3S/c1-14-9-17-5-4-6-19(17)21(15(14)2)23-22(28)24-30(29)18-12-26(13-18)11-16-7-8-25(3)20(27)10-16/h7-10,18H,4-6,11-13H2,1-3H3,(H2,23,24,28). The van der Waals surface area contributed by atoms with Gasteiger partial charge in [0.2, 0.25) is 0 Å². The minimum atomic E-state index is -1.45. The van der Waals surface area contributed by atoms with Gasteiger partial charge in [-0.1, -0.05) is 6.07 Å². The van der Waals surface area contributed by atoms with Crippen molar-refractivity contribution < 1.29 is 9.00 Å². The predicted molar refractivity (Wildman–Crippen MR) is 119 cm³/mol. The van der Waals surface area contributed by atoms with Crippen LogP contribution in [0.3, 0.4) is 0 Å². The number of rotatable bonds is 5. The maximum Gasteiger partial charge on any atom is 0.331 e. The number of carbonyl (C=O) groups excluding carboxylic acids is 1. The minimum Gasteiger partial charge on any atom is -0.319 e. The van der Waals surface area contributed by atoms with Gasteiger partial charge in [-0.2, -0.15) is 0 Å². The topological polar surface area (TPSA) is 83.4 Å². The van der Waals surface area contributed by atoms with Gasteiger partial charge in [0.15, 0.2) is 0 Å². The number of pyridine rings is 1. The van der Waals surface area contributed by atoms with E-state index in [2.05, 4.69) is 27.9 Å². The van der Waals surface area contributed by atoms with Crippen LogP contribution < -0.4 is 15.6 Å². The highest BCUT2D eigenvalue weighted by Crippen LogP contribution is 2.33. The van der Waals surface area contributed by atoms with Gasteiger partial charge in [0, 0.05) is 44.6 Å². The van der Waals surface area contributed by atoms with Gasteiger partial charge in [0.1, 0.15) is 11.0 Å². The molecule has 30 heavy (non-hydrogen) atoms. The van der Waals surface area contributed by atoms with E-state index in [-0.39, 0.29) is 10.8 Å². The van der Waals surface area contributed by atoms with Crippen LogP contribution in [-0.4, -0.2) is 38.0 Å². The van der Waals surface area contributed by atoms with E-state index in [4.69, 9.17) is 0 Å². The number of anilines is 1. The zero-order valence-electron chi connectivity index (χ0n) is 17.7. The Hall–Kier alpha value is -2.45. The van der Waals surface area contributed by atoms with Crippen LogP contribution in [0.1, 0.15) is 34.2 Å². The maximum atomic E-state index is 12.6. The molecule has 1 aliphatic carbocycles. The Balaban J connectivity index is 1.31. The Kier molecular flexibility index (Phi) is 5.79. The fourth-order valence-corrected chi connectivity index (χ4v) is 5.31. The molecule has 1 fully saturated rings. The normalized spacial score (nSPS) is 17.3. The Morgan fingerprint density at radius 2 is 2.00 bits per heavy atom. The van der Waals surface area contributed by atoms with E-state index in [0.29, 0.717) is 19.6 Å². The highest BCUT2D eigenvalue weighted by Gasteiger charge is 2.32. The fraction of sp³-hybridized carbons (Fsp3) is 0.455. The van der Waals surface area contributed by atoms with Crippen LogP contribution in [0.2, 0.25) is 0 Å². The van der Waals surface area contributed by atoms with Crippen molar-refractivity contribution in [1.29, 1.82) is 0 Å². The summed E-state index contributed by atoms with van der Waals surface area (Å²) in [6, 6.07) is 5.34. The first-order valence-electron chi connectivity index (χ1n) is 10.3. The number of nitrogens with zero attached hydrogens (tertiary/aromatic N) is 2. The second-order valence-corrected chi connectivity index (χ2v) is 9.80. The van der Waals surface area contributed by atoms with Gasteiger partial charge in [-0.15, -0.1) is 0 Å². The van der Waals surface area contributed by atoms with Gasteiger partial charge >= 0.3 is 6.03 Å². The largest absolute Gasteiger partial charge is 0.331 e. The lowest BCUT2D eigenvalue weighted by atomic mass is 9.99. The van der Waals surface area contributed by atoms with Gasteiger partial charge in [-0.3, -0.25) is 14.4 Å². The molecule has 1 aromatic carbocycles. The third kappa shape index (κ3) is 4.20. The summed E-state index contributed by atoms with van der Waals surface area (Å²) in [5.41, 5.74) is 6.53. The van der Waals surface area contributed by atoms with Crippen molar-refractivity contribution in [3.8, 4) is 0 Å². The summed E-state index contributed by atoms with van der Waals surface area (Å²) in [6.45, 7) is 5.97. The Morgan fingerprint density at radius 1 is 1.23 bits per heavy atom. The molecule has 0 spiro atoms. The first kappa shape index (κ1) is 20.8. The molecule has 0 saturated carbocycles. The molecule has 2 N–H and O–H groups in total. The molecule has 1 saturated heterocycles. The third-order valence-electron chi connectivity index (χ3n) is 6.15. The van der Waals surface area contributed by atoms with Crippen LogP contribution in [0.25, 0.3) is 0 Å². The Bertz CT molecular complexity index is 1070. The number of carbonyl (C=O) groups is 1. The molecule has 2 aromatic rings. The molecular weight excluding hydrogens is 400 g/mol. The number of amides is 2. The highest BCUT2D eigenvalue weighted by molar-refractivity contribution is 7.84. The van der Waals surface area contributed by atoms with Crippen molar-refractivity contribution in [3.05, 3.63) is 62.6 Å². The first-order chi connectivity index (χ1) is 14.3. The maximum absolute atomic E-state index is 12.6. The highest BCUT2D eigenvalue weighted by atomic mass is 32.2. The molecule has 160 valence electrons. The van der Waals surface area contributed by atoms with E-state index in [1.165, 1.54) is 15.7 Å². The number of hydrogen-bond donors (Lipinski definition) is 2. The van der Waals surface area contributed by atoms with E-state index in [1.54, 1.807) is 19.3 Å². The van der Waals surface area contributed by atoms with Crippen LogP contribution in [0, 0.1) is 13.8 Å². The third-order valence-corrected chi connectivity index (χ3v) is 7.44. The van der Waals surface area contributed by atoms with E-state index >= 15 is 0 Å². The zero-order chi connectivity index (χ0) is 21.4. The Morgan fingerprint density at radius 3 is 2.73 bits per heavy atom. The average Bonchev–Trinajstić information content (AvgIpc) is 3.12. The summed E-state index contributed by atoms with van der Waals surface area (Å²) in [7, 11) is 0.272. The van der Waals surface area contributed by atoms with Crippen molar-refractivity contribution in [3.63, 3.8) is 0 Å². The molecule has 1 atom stereocenters. The second kappa shape index (κ2) is 8.35. The smallest absolute Gasteiger partial charge is 0.319 e. The van der Waals surface area contributed by atoms with Gasteiger partial charge in [-0.05, 0) is 67.0 Å². The number of aryl methyl sites for hydroxylation is 3. The van der Waals surface area contributed by atoms with Gasteiger partial charge in [0.05, 0.1) is 5.25 Å². The summed E-state index contributed by atoms with van der Waals surface area (Å²) < 4.78 is 16.7. The molecule has 0 bridgehead atoms. The van der Waals surface area contributed by atoms with E-state index in [0.717, 1.165) is 41.6 Å². The van der Waals surface area contributed by atoms with Gasteiger partial charge in [-0.25, -0.2) is 9.00 Å². The van der Waals surface area contributed by atoms with Gasteiger partial charge < -0.3 is 9.88 Å². The molecule has 4 rings (SSSR count). The quantitative estimate of drug-likeness (QED) is 0.765. The van der Waals surface area contributed by atoms with Crippen LogP contribution in [0.4, 0.5) is 10.5 Å². The molecule has 2 heterocycles. The number of benzene rings is 1. The van der Waals surface area contributed by atoms with Crippen LogP contribution in [0.15, 0.2) is 29.2 Å². The molecular formula is C22H28N4O3S. The molecule has 0 radical (unpaired) electrons. The monoisotopic (exact) mass is 428 g/mol. The van der Waals surface area contributed by atoms with Crippen molar-refractivity contribution in [2.75, 3.05) is 18.4 Å². The lowest BCUT2D eigenvalue weighted by Gasteiger charge is -2.38. The Labute approximate surface area is 179 Å². The number of aromatic nitrogens is 1. The van der Waals surface area contributed by atoms with Crippen molar-refractivity contribution >= 4 is 22.7 Å². The van der Waals surface area contributed by atoms with Crippen molar-refractivity contribution in [2.45, 2.75) is 44.9 Å². The number of likely N-dealkylation sites (tertiary alicyclic amines) is 1. The lowest BCUT2D eigenvalue weighted by Crippen LogP contribution is -2.55. The number of hydrogen-bond acceptors (Lipinski definition) is 4. The fourth-order valence-electron chi connectivity index (χ4n) is 4.22. The average molecular weight is 429 g/mol. The zero-order valence-corrected chi connectivity index (χ0v) is 18.5. The molecule has 1 aliphatic heterocycles. The van der Waals surface area contributed by atoms with E-state index < -0.39 is 17.0 Å². The van der Waals surface area contributed by atoms with Crippen LogP contribution in [0.5, 0.6) is 0 Å². The van der Waals surface area contributed by atoms with Crippen LogP contribution >= 0.6 is 0 Å². The number of fused-ring (bicyclic) bond motifs is 1. The number of urea groups is 1. The summed E-state index contributed by atoms with van der Waals surface area (Å²) in [5, 5.41) is 2.85. The second-order valence-electron chi connectivity index (χ2n) is 8.34. The van der Waals surface area contributed by atoms with Crippen LogP contribution in [-0.2, 0) is 37.4 Å². The summed E-state index contributed by atoms with van der Waals surface area (Å²) in [5.74, 6) is 0. The molecule has 2 amide bonds. The van der Waals surface area contributed by atoms with E-state index in [9.17, 15) is 13.8 Å². The molecule has 8 heteroatoms. The lowest BCUT2D eigenvalue weighted by molar-refractivity contribution is 0.178.